The number of Topliss-reactive ketones (excluding diaryl/α,β-unsaturated/α-hetero) is 1. The number of nitrogens with zero attached hydrogens (tertiary/aromatic N) is 1. The van der Waals surface area contributed by atoms with Gasteiger partial charge in [0.2, 0.25) is 5.91 Å². The van der Waals surface area contributed by atoms with E-state index in [1.165, 1.54) is 0 Å². The Kier molecular flexibility index (Phi) is 6.34. The third kappa shape index (κ3) is 4.50. The molecule has 1 heterocycles. The lowest BCUT2D eigenvalue weighted by atomic mass is 10.0. The van der Waals surface area contributed by atoms with Crippen molar-refractivity contribution in [3.05, 3.63) is 30.3 Å². The van der Waals surface area contributed by atoms with Crippen LogP contribution in [0.1, 0.15) is 26.7 Å². The number of rotatable bonds is 5. The van der Waals surface area contributed by atoms with Gasteiger partial charge < -0.3 is 4.90 Å². The van der Waals surface area contributed by atoms with E-state index in [-0.39, 0.29) is 34.3 Å². The number of hydroxylamine groups is 1. The Balaban J connectivity index is 2.09. The third-order valence-corrected chi connectivity index (χ3v) is 4.18. The van der Waals surface area contributed by atoms with Crippen LogP contribution >= 0.6 is 22.6 Å². The third-order valence-electron chi connectivity index (χ3n) is 3.65. The molecule has 2 rings (SSSR count). The number of halogens is 1. The van der Waals surface area contributed by atoms with E-state index in [4.69, 9.17) is 4.84 Å². The van der Waals surface area contributed by atoms with E-state index in [9.17, 15) is 9.59 Å². The molecule has 1 aromatic carbocycles. The van der Waals surface area contributed by atoms with Crippen LogP contribution in [0.3, 0.4) is 0 Å². The van der Waals surface area contributed by atoms with Crippen molar-refractivity contribution in [2.45, 2.75) is 42.8 Å². The summed E-state index contributed by atoms with van der Waals surface area (Å²) in [5, 5.41) is 0. The van der Waals surface area contributed by atoms with Crippen LogP contribution in [-0.4, -0.2) is 34.3 Å². The fourth-order valence-corrected chi connectivity index (χ4v) is 2.67. The Morgan fingerprint density at radius 1 is 1.36 bits per heavy atom. The second-order valence-electron chi connectivity index (χ2n) is 5.52. The van der Waals surface area contributed by atoms with Gasteiger partial charge in [-0.25, -0.2) is 0 Å². The molecule has 0 aromatic heterocycles. The number of hydrogen-bond acceptors (Lipinski definition) is 4. The topological polar surface area (TPSA) is 58.6 Å². The minimum atomic E-state index is -0.347. The standard InChI is InChI=1S/C16H21IN2O3/c1-11-8-9-14(18-22-11)15(20)10-19(16(21)12(2)17)13-6-4-3-5-7-13/h3-7,11-12,14,18H,8-10H2,1-2H3. The van der Waals surface area contributed by atoms with E-state index in [1.54, 1.807) is 4.90 Å². The number of anilines is 1. The fraction of sp³-hybridized carbons (Fsp3) is 0.500. The number of ketones is 1. The maximum atomic E-state index is 12.5. The van der Waals surface area contributed by atoms with Crippen molar-refractivity contribution in [1.29, 1.82) is 0 Å². The first-order valence-corrected chi connectivity index (χ1v) is 8.68. The molecule has 3 atom stereocenters. The van der Waals surface area contributed by atoms with Gasteiger partial charge in [-0.05, 0) is 38.8 Å². The van der Waals surface area contributed by atoms with Crippen molar-refractivity contribution in [3.8, 4) is 0 Å². The van der Waals surface area contributed by atoms with Crippen LogP contribution in [0.2, 0.25) is 0 Å². The highest BCUT2D eigenvalue weighted by molar-refractivity contribution is 14.1. The molecule has 5 nitrogen and oxygen atoms in total. The monoisotopic (exact) mass is 416 g/mol. The summed E-state index contributed by atoms with van der Waals surface area (Å²) < 4.78 is -0.193. The maximum absolute atomic E-state index is 12.5. The zero-order chi connectivity index (χ0) is 16.1. The Morgan fingerprint density at radius 3 is 2.59 bits per heavy atom. The highest BCUT2D eigenvalue weighted by Gasteiger charge is 2.29. The molecule has 0 aliphatic carbocycles. The molecule has 22 heavy (non-hydrogen) atoms. The number of hydrogen-bond donors (Lipinski definition) is 1. The van der Waals surface area contributed by atoms with Gasteiger partial charge in [-0.1, -0.05) is 40.8 Å². The molecule has 1 aromatic rings. The molecular formula is C16H21IN2O3. The minimum Gasteiger partial charge on any atom is -0.304 e. The number of benzene rings is 1. The maximum Gasteiger partial charge on any atom is 0.240 e. The van der Waals surface area contributed by atoms with Crippen molar-refractivity contribution in [3.63, 3.8) is 0 Å². The summed E-state index contributed by atoms with van der Waals surface area (Å²) in [6.07, 6.45) is 1.69. The average Bonchev–Trinajstić information content (AvgIpc) is 2.53. The molecule has 0 spiro atoms. The quantitative estimate of drug-likeness (QED) is 0.592. The first-order valence-electron chi connectivity index (χ1n) is 7.43. The molecule has 120 valence electrons. The van der Waals surface area contributed by atoms with E-state index < -0.39 is 0 Å². The predicted octanol–water partition coefficient (Wildman–Crippen LogP) is 2.48. The second kappa shape index (κ2) is 8.03. The van der Waals surface area contributed by atoms with E-state index >= 15 is 0 Å². The summed E-state index contributed by atoms with van der Waals surface area (Å²) >= 11 is 2.07. The SMILES string of the molecule is CC1CCC(C(=O)CN(C(=O)C(C)I)c2ccccc2)NO1. The zero-order valence-electron chi connectivity index (χ0n) is 12.8. The smallest absolute Gasteiger partial charge is 0.240 e. The van der Waals surface area contributed by atoms with Crippen molar-refractivity contribution >= 4 is 40.0 Å². The van der Waals surface area contributed by atoms with Crippen LogP contribution in [0.25, 0.3) is 0 Å². The lowest BCUT2D eigenvalue weighted by Crippen LogP contribution is -2.49. The molecule has 0 saturated carbocycles. The molecule has 1 N–H and O–H groups in total. The van der Waals surface area contributed by atoms with Crippen LogP contribution in [0, 0.1) is 0 Å². The normalized spacial score (nSPS) is 22.9. The number of amides is 1. The molecule has 0 bridgehead atoms. The Morgan fingerprint density at radius 2 is 2.05 bits per heavy atom. The Hall–Kier alpha value is -0.990. The fourth-order valence-electron chi connectivity index (χ4n) is 2.33. The molecule has 6 heteroatoms. The van der Waals surface area contributed by atoms with Gasteiger partial charge in [0.25, 0.3) is 0 Å². The number of nitrogens with one attached hydrogen (secondary N) is 1. The van der Waals surface area contributed by atoms with Gasteiger partial charge in [-0.15, -0.1) is 0 Å². The van der Waals surface area contributed by atoms with E-state index in [0.29, 0.717) is 0 Å². The largest absolute Gasteiger partial charge is 0.304 e. The van der Waals surface area contributed by atoms with E-state index in [1.807, 2.05) is 44.2 Å². The zero-order valence-corrected chi connectivity index (χ0v) is 14.9. The van der Waals surface area contributed by atoms with Gasteiger partial charge >= 0.3 is 0 Å². The van der Waals surface area contributed by atoms with Gasteiger partial charge in [0.15, 0.2) is 5.78 Å². The van der Waals surface area contributed by atoms with Gasteiger partial charge in [0.05, 0.1) is 22.6 Å². The van der Waals surface area contributed by atoms with E-state index in [0.717, 1.165) is 18.5 Å². The van der Waals surface area contributed by atoms with Crippen molar-refractivity contribution in [2.24, 2.45) is 0 Å². The van der Waals surface area contributed by atoms with Crippen LogP contribution in [0.5, 0.6) is 0 Å². The molecule has 3 unspecified atom stereocenters. The molecule has 1 aliphatic heterocycles. The second-order valence-corrected chi connectivity index (χ2v) is 7.39. The van der Waals surface area contributed by atoms with Crippen LogP contribution in [-0.2, 0) is 14.4 Å². The van der Waals surface area contributed by atoms with Crippen LogP contribution < -0.4 is 10.4 Å². The van der Waals surface area contributed by atoms with Gasteiger partial charge in [0.1, 0.15) is 0 Å². The molecule has 1 saturated heterocycles. The summed E-state index contributed by atoms with van der Waals surface area (Å²) in [4.78, 5) is 31.8. The summed E-state index contributed by atoms with van der Waals surface area (Å²) in [5.74, 6) is -0.0913. The van der Waals surface area contributed by atoms with Crippen LogP contribution in [0.15, 0.2) is 30.3 Å². The van der Waals surface area contributed by atoms with Crippen LogP contribution in [0.4, 0.5) is 5.69 Å². The Labute approximate surface area is 144 Å². The minimum absolute atomic E-state index is 0.0267. The highest BCUT2D eigenvalue weighted by Crippen LogP contribution is 2.18. The van der Waals surface area contributed by atoms with Gasteiger partial charge in [-0.3, -0.25) is 14.4 Å². The molecular weight excluding hydrogens is 395 g/mol. The summed E-state index contributed by atoms with van der Waals surface area (Å²) in [6.45, 7) is 3.85. The molecule has 0 radical (unpaired) electrons. The van der Waals surface area contributed by atoms with Gasteiger partial charge in [0, 0.05) is 5.69 Å². The first-order chi connectivity index (χ1) is 10.5. The highest BCUT2D eigenvalue weighted by atomic mass is 127. The molecule has 1 fully saturated rings. The molecule has 1 aliphatic rings. The predicted molar refractivity (Wildman–Crippen MR) is 94.0 cm³/mol. The first kappa shape index (κ1) is 17.4. The summed E-state index contributed by atoms with van der Waals surface area (Å²) in [5.41, 5.74) is 3.55. The average molecular weight is 416 g/mol. The van der Waals surface area contributed by atoms with Crippen molar-refractivity contribution in [2.75, 3.05) is 11.4 Å². The number of carbonyl (C=O) groups is 2. The summed E-state index contributed by atoms with van der Waals surface area (Å²) in [7, 11) is 0. The van der Waals surface area contributed by atoms with Gasteiger partial charge in [-0.2, -0.15) is 5.48 Å². The number of carbonyl (C=O) groups excluding carboxylic acids is 2. The lowest BCUT2D eigenvalue weighted by Gasteiger charge is -2.29. The van der Waals surface area contributed by atoms with Crippen molar-refractivity contribution in [1.82, 2.24) is 5.48 Å². The van der Waals surface area contributed by atoms with Crippen molar-refractivity contribution < 1.29 is 14.4 Å². The number of alkyl halides is 1. The lowest BCUT2D eigenvalue weighted by molar-refractivity contribution is -0.133. The van der Waals surface area contributed by atoms with E-state index in [2.05, 4.69) is 28.1 Å². The molecule has 1 amide bonds. The number of para-hydroxylation sites is 1. The Bertz CT molecular complexity index is 513. The summed E-state index contributed by atoms with van der Waals surface area (Å²) in [6, 6.07) is 8.95.